The highest BCUT2D eigenvalue weighted by Crippen LogP contribution is 2.27. The second-order valence-electron chi connectivity index (χ2n) is 6.59. The Bertz CT molecular complexity index is 488. The van der Waals surface area contributed by atoms with Gasteiger partial charge in [0.05, 0.1) is 0 Å². The van der Waals surface area contributed by atoms with Crippen molar-refractivity contribution in [1.29, 1.82) is 0 Å². The summed E-state index contributed by atoms with van der Waals surface area (Å²) in [6.45, 7) is 8.96. The van der Waals surface area contributed by atoms with Gasteiger partial charge in [-0.1, -0.05) is 12.5 Å². The number of nitrogens with zero attached hydrogens (tertiary/aromatic N) is 3. The first-order valence-electron chi connectivity index (χ1n) is 8.31. The van der Waals surface area contributed by atoms with E-state index in [2.05, 4.69) is 41.1 Å². The molecule has 1 aromatic heterocycles. The van der Waals surface area contributed by atoms with Crippen molar-refractivity contribution in [3.05, 3.63) is 23.4 Å². The van der Waals surface area contributed by atoms with Crippen LogP contribution in [0.4, 0.5) is 5.82 Å². The van der Waals surface area contributed by atoms with Gasteiger partial charge in [-0.15, -0.1) is 0 Å². The standard InChI is InChI=1S/C17H28N4/c1-13-11-20-9-5-4-6-16(20)12-21(13)17-8-7-15(10-18-3)14(2)19-17/h7-8,13,16,18H,4-6,9-12H2,1-3H3. The summed E-state index contributed by atoms with van der Waals surface area (Å²) in [6, 6.07) is 5.72. The van der Waals surface area contributed by atoms with Crippen molar-refractivity contribution in [2.24, 2.45) is 0 Å². The van der Waals surface area contributed by atoms with Crippen molar-refractivity contribution < 1.29 is 0 Å². The Labute approximate surface area is 128 Å². The summed E-state index contributed by atoms with van der Waals surface area (Å²) in [5.41, 5.74) is 2.45. The smallest absolute Gasteiger partial charge is 0.129 e. The third-order valence-electron chi connectivity index (χ3n) is 5.03. The van der Waals surface area contributed by atoms with Crippen molar-refractivity contribution in [2.75, 3.05) is 31.6 Å². The van der Waals surface area contributed by atoms with Crippen LogP contribution in [0.2, 0.25) is 0 Å². The summed E-state index contributed by atoms with van der Waals surface area (Å²) in [5, 5.41) is 3.21. The maximum atomic E-state index is 4.87. The summed E-state index contributed by atoms with van der Waals surface area (Å²) in [7, 11) is 1.98. The molecule has 4 nitrogen and oxygen atoms in total. The molecule has 1 N–H and O–H groups in total. The molecule has 2 atom stereocenters. The van der Waals surface area contributed by atoms with E-state index in [9.17, 15) is 0 Å². The molecule has 2 fully saturated rings. The van der Waals surface area contributed by atoms with Gasteiger partial charge in [-0.05, 0) is 51.9 Å². The topological polar surface area (TPSA) is 31.4 Å². The van der Waals surface area contributed by atoms with Gasteiger partial charge in [0.15, 0.2) is 0 Å². The maximum Gasteiger partial charge on any atom is 0.129 e. The number of hydrogen-bond acceptors (Lipinski definition) is 4. The lowest BCUT2D eigenvalue weighted by Crippen LogP contribution is -2.59. The highest BCUT2D eigenvalue weighted by atomic mass is 15.3. The Morgan fingerprint density at radius 1 is 1.29 bits per heavy atom. The zero-order valence-corrected chi connectivity index (χ0v) is 13.6. The zero-order chi connectivity index (χ0) is 14.8. The molecule has 0 aromatic carbocycles. The van der Waals surface area contributed by atoms with E-state index in [0.717, 1.165) is 30.6 Å². The molecule has 116 valence electrons. The second-order valence-corrected chi connectivity index (χ2v) is 6.59. The number of piperazine rings is 1. The average molecular weight is 288 g/mol. The van der Waals surface area contributed by atoms with Gasteiger partial charge in [-0.2, -0.15) is 0 Å². The van der Waals surface area contributed by atoms with E-state index in [1.54, 1.807) is 0 Å². The van der Waals surface area contributed by atoms with Crippen molar-refractivity contribution >= 4 is 5.82 Å². The monoisotopic (exact) mass is 288 g/mol. The Hall–Kier alpha value is -1.13. The molecular weight excluding hydrogens is 260 g/mol. The molecule has 0 bridgehead atoms. The number of fused-ring (bicyclic) bond motifs is 1. The van der Waals surface area contributed by atoms with Gasteiger partial charge < -0.3 is 10.2 Å². The molecule has 21 heavy (non-hydrogen) atoms. The molecule has 0 aliphatic carbocycles. The van der Waals surface area contributed by atoms with Gasteiger partial charge in [-0.25, -0.2) is 4.98 Å². The second kappa shape index (κ2) is 6.32. The SMILES string of the molecule is CNCc1ccc(N2CC3CCCCN3CC2C)nc1C. The van der Waals surface area contributed by atoms with E-state index >= 15 is 0 Å². The van der Waals surface area contributed by atoms with Crippen LogP contribution in [-0.2, 0) is 6.54 Å². The molecule has 0 amide bonds. The highest BCUT2D eigenvalue weighted by Gasteiger charge is 2.33. The van der Waals surface area contributed by atoms with Gasteiger partial charge in [0.1, 0.15) is 5.82 Å². The van der Waals surface area contributed by atoms with Crippen LogP contribution >= 0.6 is 0 Å². The molecule has 2 aliphatic heterocycles. The van der Waals surface area contributed by atoms with Gasteiger partial charge in [0, 0.05) is 37.4 Å². The summed E-state index contributed by atoms with van der Waals surface area (Å²) in [6.07, 6.45) is 4.11. The molecule has 2 saturated heterocycles. The fraction of sp³-hybridized carbons (Fsp3) is 0.706. The van der Waals surface area contributed by atoms with E-state index in [1.807, 2.05) is 7.05 Å². The minimum Gasteiger partial charge on any atom is -0.351 e. The number of hydrogen-bond donors (Lipinski definition) is 1. The molecule has 2 aliphatic rings. The predicted octanol–water partition coefficient (Wildman–Crippen LogP) is 2.17. The Balaban J connectivity index is 1.77. The molecule has 0 radical (unpaired) electrons. The number of anilines is 1. The van der Waals surface area contributed by atoms with E-state index < -0.39 is 0 Å². The van der Waals surface area contributed by atoms with Crippen LogP contribution in [0.3, 0.4) is 0 Å². The number of nitrogens with one attached hydrogen (secondary N) is 1. The largest absolute Gasteiger partial charge is 0.351 e. The zero-order valence-electron chi connectivity index (χ0n) is 13.6. The van der Waals surface area contributed by atoms with Crippen LogP contribution in [0.5, 0.6) is 0 Å². The number of pyridine rings is 1. The molecule has 0 spiro atoms. The van der Waals surface area contributed by atoms with Crippen molar-refractivity contribution in [1.82, 2.24) is 15.2 Å². The van der Waals surface area contributed by atoms with Crippen LogP contribution in [-0.4, -0.2) is 48.6 Å². The molecule has 4 heteroatoms. The lowest BCUT2D eigenvalue weighted by molar-refractivity contribution is 0.115. The summed E-state index contributed by atoms with van der Waals surface area (Å²) >= 11 is 0. The van der Waals surface area contributed by atoms with E-state index in [-0.39, 0.29) is 0 Å². The number of piperidine rings is 1. The Morgan fingerprint density at radius 2 is 2.14 bits per heavy atom. The molecule has 3 rings (SSSR count). The number of rotatable bonds is 3. The first-order chi connectivity index (χ1) is 10.2. The van der Waals surface area contributed by atoms with Gasteiger partial charge in [0.25, 0.3) is 0 Å². The fourth-order valence-electron chi connectivity index (χ4n) is 3.79. The molecular formula is C17H28N4. The molecule has 0 saturated carbocycles. The minimum absolute atomic E-state index is 0.557. The quantitative estimate of drug-likeness (QED) is 0.924. The van der Waals surface area contributed by atoms with Gasteiger partial charge in [0.2, 0.25) is 0 Å². The summed E-state index contributed by atoms with van der Waals surface area (Å²) < 4.78 is 0. The molecule has 3 heterocycles. The van der Waals surface area contributed by atoms with Crippen LogP contribution in [0.25, 0.3) is 0 Å². The first kappa shape index (κ1) is 14.8. The lowest BCUT2D eigenvalue weighted by atomic mass is 9.97. The molecule has 2 unspecified atom stereocenters. The molecule has 1 aromatic rings. The summed E-state index contributed by atoms with van der Waals surface area (Å²) in [4.78, 5) is 10.1. The number of aromatic nitrogens is 1. The van der Waals surface area contributed by atoms with Crippen LogP contribution in [0.1, 0.15) is 37.4 Å². The van der Waals surface area contributed by atoms with Crippen LogP contribution in [0, 0.1) is 6.92 Å². The third kappa shape index (κ3) is 3.06. The van der Waals surface area contributed by atoms with E-state index in [1.165, 1.54) is 37.9 Å². The Kier molecular flexibility index (Phi) is 4.45. The lowest BCUT2D eigenvalue weighted by Gasteiger charge is -2.48. The fourth-order valence-corrected chi connectivity index (χ4v) is 3.79. The van der Waals surface area contributed by atoms with Crippen molar-refractivity contribution in [3.63, 3.8) is 0 Å². The minimum atomic E-state index is 0.557. The van der Waals surface area contributed by atoms with Crippen molar-refractivity contribution in [3.8, 4) is 0 Å². The van der Waals surface area contributed by atoms with Gasteiger partial charge >= 0.3 is 0 Å². The third-order valence-corrected chi connectivity index (χ3v) is 5.03. The maximum absolute atomic E-state index is 4.87. The van der Waals surface area contributed by atoms with Crippen LogP contribution < -0.4 is 10.2 Å². The normalized spacial score (nSPS) is 26.7. The first-order valence-corrected chi connectivity index (χ1v) is 8.31. The van der Waals surface area contributed by atoms with Crippen molar-refractivity contribution in [2.45, 2.75) is 51.7 Å². The average Bonchev–Trinajstić information content (AvgIpc) is 2.49. The van der Waals surface area contributed by atoms with Crippen LogP contribution in [0.15, 0.2) is 12.1 Å². The number of aryl methyl sites for hydroxylation is 1. The predicted molar refractivity (Wildman–Crippen MR) is 87.8 cm³/mol. The Morgan fingerprint density at radius 3 is 2.90 bits per heavy atom. The highest BCUT2D eigenvalue weighted by molar-refractivity contribution is 5.43. The van der Waals surface area contributed by atoms with E-state index in [0.29, 0.717) is 6.04 Å². The van der Waals surface area contributed by atoms with Gasteiger partial charge in [-0.3, -0.25) is 4.90 Å². The summed E-state index contributed by atoms with van der Waals surface area (Å²) in [5.74, 6) is 1.16. The van der Waals surface area contributed by atoms with E-state index in [4.69, 9.17) is 4.98 Å².